The molecule has 1 aliphatic heterocycles. The summed E-state index contributed by atoms with van der Waals surface area (Å²) in [5.41, 5.74) is 0.304. The van der Waals surface area contributed by atoms with Crippen LogP contribution in [0.1, 0.15) is 32.8 Å². The Morgan fingerprint density at radius 2 is 1.93 bits per heavy atom. The molecule has 1 aromatic carbocycles. The van der Waals surface area contributed by atoms with Crippen LogP contribution in [0.3, 0.4) is 0 Å². The van der Waals surface area contributed by atoms with Gasteiger partial charge < -0.3 is 9.84 Å². The molecule has 3 rings (SSSR count). The average Bonchev–Trinajstić information content (AvgIpc) is 3.08. The molecule has 3 atom stereocenters. The lowest BCUT2D eigenvalue weighted by atomic mass is 9.93. The fourth-order valence-corrected chi connectivity index (χ4v) is 6.20. The third-order valence-electron chi connectivity index (χ3n) is 5.29. The molecule has 2 bridgehead atoms. The number of nitrogens with zero attached hydrogens (tertiary/aromatic N) is 1. The lowest BCUT2D eigenvalue weighted by Gasteiger charge is -2.31. The molecule has 1 N–H and O–H groups in total. The van der Waals surface area contributed by atoms with E-state index in [2.05, 4.69) is 0 Å². The highest BCUT2D eigenvalue weighted by Crippen LogP contribution is 2.50. The van der Waals surface area contributed by atoms with E-state index in [-0.39, 0.29) is 18.0 Å². The molecule has 0 saturated carbocycles. The molecule has 1 saturated heterocycles. The van der Waals surface area contributed by atoms with E-state index in [1.165, 1.54) is 4.90 Å². The Morgan fingerprint density at radius 1 is 1.30 bits per heavy atom. The lowest BCUT2D eigenvalue weighted by Crippen LogP contribution is -2.46. The summed E-state index contributed by atoms with van der Waals surface area (Å²) in [6, 6.07) is 6.34. The van der Waals surface area contributed by atoms with Crippen molar-refractivity contribution in [3.8, 4) is 0 Å². The topological polar surface area (TPSA) is 83.9 Å². The first-order valence-electron chi connectivity index (χ1n) is 9.13. The minimum absolute atomic E-state index is 0.0317. The maximum Gasteiger partial charge on any atom is 0.410 e. The molecule has 1 aromatic rings. The summed E-state index contributed by atoms with van der Waals surface area (Å²) in [6.45, 7) is 7.12. The number of hydrogen-bond acceptors (Lipinski definition) is 5. The summed E-state index contributed by atoms with van der Waals surface area (Å²) in [7, 11) is -3.75. The molecule has 3 unspecified atom stereocenters. The van der Waals surface area contributed by atoms with E-state index < -0.39 is 38.2 Å². The molecule has 0 spiro atoms. The van der Waals surface area contributed by atoms with E-state index in [4.69, 9.17) is 4.74 Å². The van der Waals surface area contributed by atoms with Gasteiger partial charge in [-0.05, 0) is 46.2 Å². The minimum atomic E-state index is -3.75. The van der Waals surface area contributed by atoms with Crippen molar-refractivity contribution in [2.75, 3.05) is 13.2 Å². The molecule has 7 heteroatoms. The highest BCUT2D eigenvalue weighted by molar-refractivity contribution is 7.93. The van der Waals surface area contributed by atoms with Crippen LogP contribution < -0.4 is 0 Å². The summed E-state index contributed by atoms with van der Waals surface area (Å²) in [6.07, 6.45) is 3.23. The van der Waals surface area contributed by atoms with Crippen LogP contribution in [0.4, 0.5) is 4.79 Å². The zero-order valence-corrected chi connectivity index (χ0v) is 17.0. The Labute approximate surface area is 160 Å². The van der Waals surface area contributed by atoms with Crippen LogP contribution in [0, 0.1) is 12.8 Å². The molecule has 27 heavy (non-hydrogen) atoms. The fourth-order valence-electron chi connectivity index (χ4n) is 4.04. The predicted molar refractivity (Wildman–Crippen MR) is 102 cm³/mol. The fraction of sp³-hybridized carbons (Fsp3) is 0.550. The van der Waals surface area contributed by atoms with E-state index in [0.717, 1.165) is 5.56 Å². The van der Waals surface area contributed by atoms with Crippen molar-refractivity contribution < 1.29 is 23.1 Å². The van der Waals surface area contributed by atoms with Gasteiger partial charge in [-0.1, -0.05) is 29.8 Å². The van der Waals surface area contributed by atoms with Gasteiger partial charge in [0.05, 0.1) is 10.9 Å². The van der Waals surface area contributed by atoms with Crippen LogP contribution >= 0.6 is 0 Å². The number of fused-ring (bicyclic) bond motifs is 2. The van der Waals surface area contributed by atoms with Crippen molar-refractivity contribution in [1.82, 2.24) is 4.90 Å². The second-order valence-corrected chi connectivity index (χ2v) is 10.6. The number of sulfone groups is 1. The van der Waals surface area contributed by atoms with Gasteiger partial charge in [-0.2, -0.15) is 0 Å². The third kappa shape index (κ3) is 3.27. The van der Waals surface area contributed by atoms with Crippen LogP contribution in [0.15, 0.2) is 41.3 Å². The Bertz CT molecular complexity index is 853. The molecule has 1 aliphatic carbocycles. The lowest BCUT2D eigenvalue weighted by molar-refractivity contribution is 0.0235. The van der Waals surface area contributed by atoms with Gasteiger partial charge in [0.25, 0.3) is 0 Å². The van der Waals surface area contributed by atoms with Crippen LogP contribution in [0.5, 0.6) is 0 Å². The summed E-state index contributed by atoms with van der Waals surface area (Å²) < 4.78 is 31.3. The molecule has 2 aliphatic rings. The van der Waals surface area contributed by atoms with Gasteiger partial charge in [-0.15, -0.1) is 0 Å². The van der Waals surface area contributed by atoms with E-state index in [1.807, 2.05) is 6.92 Å². The average molecular weight is 394 g/mol. The van der Waals surface area contributed by atoms with Gasteiger partial charge in [0, 0.05) is 19.1 Å². The smallest absolute Gasteiger partial charge is 0.410 e. The van der Waals surface area contributed by atoms with E-state index in [0.29, 0.717) is 6.42 Å². The van der Waals surface area contributed by atoms with Gasteiger partial charge >= 0.3 is 6.09 Å². The first-order chi connectivity index (χ1) is 12.5. The predicted octanol–water partition coefficient (Wildman–Crippen LogP) is 2.70. The second-order valence-electron chi connectivity index (χ2n) is 8.35. The SMILES string of the molecule is Cc1ccc(S(=O)(=O)C23C=CC(C2CCO)N(C(=O)OC(C)(C)C)C3)cc1. The van der Waals surface area contributed by atoms with Crippen LogP contribution in [-0.2, 0) is 14.6 Å². The zero-order valence-electron chi connectivity index (χ0n) is 16.2. The van der Waals surface area contributed by atoms with Crippen molar-refractivity contribution in [2.24, 2.45) is 5.92 Å². The number of aliphatic hydroxyl groups excluding tert-OH is 1. The highest BCUT2D eigenvalue weighted by atomic mass is 32.2. The van der Waals surface area contributed by atoms with Crippen LogP contribution in [0.25, 0.3) is 0 Å². The van der Waals surface area contributed by atoms with Gasteiger partial charge in [-0.25, -0.2) is 13.2 Å². The first kappa shape index (κ1) is 19.9. The molecule has 0 aromatic heterocycles. The molecule has 0 radical (unpaired) electrons. The minimum Gasteiger partial charge on any atom is -0.444 e. The Balaban J connectivity index is 2.01. The van der Waals surface area contributed by atoms with E-state index >= 15 is 0 Å². The van der Waals surface area contributed by atoms with Crippen LogP contribution in [-0.4, -0.2) is 54.1 Å². The molecule has 1 heterocycles. The second kappa shape index (κ2) is 6.63. The van der Waals surface area contributed by atoms with E-state index in [9.17, 15) is 18.3 Å². The number of likely N-dealkylation sites (tertiary alicyclic amines) is 1. The number of carbonyl (C=O) groups excluding carboxylic acids is 1. The molecule has 1 amide bonds. The largest absolute Gasteiger partial charge is 0.444 e. The summed E-state index contributed by atoms with van der Waals surface area (Å²) in [4.78, 5) is 14.4. The Hall–Kier alpha value is -1.86. The molecule has 1 fully saturated rings. The number of carbonyl (C=O) groups is 1. The highest BCUT2D eigenvalue weighted by Gasteiger charge is 2.62. The monoisotopic (exact) mass is 393 g/mol. The van der Waals surface area contributed by atoms with E-state index in [1.54, 1.807) is 57.2 Å². The van der Waals surface area contributed by atoms with Crippen molar-refractivity contribution in [3.63, 3.8) is 0 Å². The number of hydrogen-bond donors (Lipinski definition) is 1. The zero-order chi connectivity index (χ0) is 20.0. The molecular weight excluding hydrogens is 366 g/mol. The summed E-state index contributed by atoms with van der Waals surface area (Å²) in [5.74, 6) is -0.402. The van der Waals surface area contributed by atoms with Gasteiger partial charge in [0.2, 0.25) is 0 Å². The van der Waals surface area contributed by atoms with Gasteiger partial charge in [0.15, 0.2) is 9.84 Å². The summed E-state index contributed by atoms with van der Waals surface area (Å²) in [5, 5.41) is 9.53. The van der Waals surface area contributed by atoms with Crippen molar-refractivity contribution in [1.29, 1.82) is 0 Å². The normalized spacial score (nSPS) is 27.2. The number of amides is 1. The van der Waals surface area contributed by atoms with Crippen molar-refractivity contribution in [3.05, 3.63) is 42.0 Å². The third-order valence-corrected chi connectivity index (χ3v) is 7.75. The van der Waals surface area contributed by atoms with Crippen LogP contribution in [0.2, 0.25) is 0 Å². The standard InChI is InChI=1S/C20H27NO5S/c1-14-5-7-15(8-6-14)27(24,25)20-11-9-17(16(20)10-12-22)21(13-20)18(23)26-19(2,3)4/h5-9,11,16-17,22H,10,12-13H2,1-4H3. The number of benzene rings is 1. The van der Waals surface area contributed by atoms with Gasteiger partial charge in [0.1, 0.15) is 10.3 Å². The quantitative estimate of drug-likeness (QED) is 0.795. The number of aryl methyl sites for hydroxylation is 1. The maximum atomic E-state index is 13.6. The van der Waals surface area contributed by atoms with Crippen molar-refractivity contribution in [2.45, 2.75) is 55.4 Å². The number of rotatable bonds is 4. The first-order valence-corrected chi connectivity index (χ1v) is 10.6. The number of ether oxygens (including phenoxy) is 1. The maximum absolute atomic E-state index is 13.6. The van der Waals surface area contributed by atoms with Crippen molar-refractivity contribution >= 4 is 15.9 Å². The molecule has 148 valence electrons. The Kier molecular flexibility index (Phi) is 4.89. The summed E-state index contributed by atoms with van der Waals surface area (Å²) >= 11 is 0. The number of aliphatic hydroxyl groups is 1. The van der Waals surface area contributed by atoms with Gasteiger partial charge in [-0.3, -0.25) is 4.90 Å². The Morgan fingerprint density at radius 3 is 2.48 bits per heavy atom. The molecular formula is C20H27NO5S. The molecule has 6 nitrogen and oxygen atoms in total.